The number of nitrogens with one attached hydrogen (secondary N) is 1. The van der Waals surface area contributed by atoms with Crippen molar-refractivity contribution in [2.45, 2.75) is 25.9 Å². The Bertz CT molecular complexity index is 1270. The van der Waals surface area contributed by atoms with E-state index in [9.17, 15) is 9.59 Å². The highest BCUT2D eigenvalue weighted by atomic mass is 16.5. The number of carbonyl (C=O) groups excluding carboxylic acids is 1. The summed E-state index contributed by atoms with van der Waals surface area (Å²) in [5.41, 5.74) is 2.16. The number of furan rings is 1. The van der Waals surface area contributed by atoms with Gasteiger partial charge in [0.2, 0.25) is 5.91 Å². The molecule has 30 heavy (non-hydrogen) atoms. The number of amides is 1. The summed E-state index contributed by atoms with van der Waals surface area (Å²) in [6.45, 7) is 2.06. The van der Waals surface area contributed by atoms with E-state index in [4.69, 9.17) is 13.9 Å². The average molecular weight is 410 g/mol. The fourth-order valence-electron chi connectivity index (χ4n) is 3.60. The number of carbonyl (C=O) groups is 1. The molecule has 9 nitrogen and oxygen atoms in total. The molecule has 4 aromatic rings. The summed E-state index contributed by atoms with van der Waals surface area (Å²) in [5, 5.41) is 7.11. The summed E-state index contributed by atoms with van der Waals surface area (Å²) >= 11 is 0. The van der Waals surface area contributed by atoms with Gasteiger partial charge in [-0.15, -0.1) is 0 Å². The number of hydrogen-bond acceptors (Lipinski definition) is 6. The van der Waals surface area contributed by atoms with E-state index in [2.05, 4.69) is 10.4 Å². The van der Waals surface area contributed by atoms with Gasteiger partial charge in [-0.2, -0.15) is 5.10 Å². The van der Waals surface area contributed by atoms with Crippen LogP contribution in [0.15, 0.2) is 52.1 Å². The van der Waals surface area contributed by atoms with E-state index in [1.165, 1.54) is 11.0 Å². The van der Waals surface area contributed by atoms with Gasteiger partial charge < -0.3 is 19.2 Å². The van der Waals surface area contributed by atoms with Crippen LogP contribution in [0.2, 0.25) is 0 Å². The number of ether oxygens (including phenoxy) is 2. The molecule has 0 bridgehead atoms. The Labute approximate surface area is 171 Å². The molecule has 1 N–H and O–H groups in total. The Morgan fingerprint density at radius 1 is 1.23 bits per heavy atom. The van der Waals surface area contributed by atoms with E-state index < -0.39 is 6.04 Å². The summed E-state index contributed by atoms with van der Waals surface area (Å²) < 4.78 is 18.9. The smallest absolute Gasteiger partial charge is 0.291 e. The quantitative estimate of drug-likeness (QED) is 0.503. The summed E-state index contributed by atoms with van der Waals surface area (Å²) in [6.07, 6.45) is 3.48. The molecule has 0 aliphatic carbocycles. The molecule has 0 aliphatic rings. The molecule has 0 fully saturated rings. The van der Waals surface area contributed by atoms with Crippen LogP contribution >= 0.6 is 0 Å². The summed E-state index contributed by atoms with van der Waals surface area (Å²) in [4.78, 5) is 25.9. The zero-order valence-electron chi connectivity index (χ0n) is 16.9. The molecule has 9 heteroatoms. The number of rotatable bonds is 7. The van der Waals surface area contributed by atoms with Crippen LogP contribution in [0, 0.1) is 0 Å². The molecule has 3 heterocycles. The first kappa shape index (κ1) is 19.6. The molecule has 4 rings (SSSR count). The maximum absolute atomic E-state index is 13.0. The second-order valence-corrected chi connectivity index (χ2v) is 6.74. The number of fused-ring (bicyclic) bond motifs is 3. The van der Waals surface area contributed by atoms with Gasteiger partial charge >= 0.3 is 0 Å². The molecular weight excluding hydrogens is 388 g/mol. The number of aromatic nitrogens is 3. The third-order valence-electron chi connectivity index (χ3n) is 5.10. The van der Waals surface area contributed by atoms with Crippen LogP contribution in [-0.4, -0.2) is 34.3 Å². The highest BCUT2D eigenvalue weighted by Crippen LogP contribution is 2.30. The molecule has 0 unspecified atom stereocenters. The highest BCUT2D eigenvalue weighted by Gasteiger charge is 2.23. The Kier molecular flexibility index (Phi) is 5.18. The van der Waals surface area contributed by atoms with Crippen molar-refractivity contribution in [3.63, 3.8) is 0 Å². The van der Waals surface area contributed by atoms with Crippen LogP contribution in [0.3, 0.4) is 0 Å². The van der Waals surface area contributed by atoms with Gasteiger partial charge in [0.15, 0.2) is 17.1 Å². The predicted octanol–water partition coefficient (Wildman–Crippen LogP) is 2.53. The summed E-state index contributed by atoms with van der Waals surface area (Å²) in [5.74, 6) is 0.828. The van der Waals surface area contributed by atoms with E-state index in [-0.39, 0.29) is 18.0 Å². The lowest BCUT2D eigenvalue weighted by molar-refractivity contribution is -0.125. The van der Waals surface area contributed by atoms with Gasteiger partial charge in [-0.25, -0.2) is 4.68 Å². The van der Waals surface area contributed by atoms with Crippen molar-refractivity contribution in [2.75, 3.05) is 14.2 Å². The number of benzene rings is 1. The SMILES string of the molecule is CC[C@H](C(=O)NCc1cccc(OC)c1OC)n1ncn2c(cc3occc32)c1=O. The highest BCUT2D eigenvalue weighted by molar-refractivity contribution is 5.83. The minimum Gasteiger partial charge on any atom is -0.493 e. The Balaban J connectivity index is 1.60. The normalized spacial score (nSPS) is 12.2. The van der Waals surface area contributed by atoms with Crippen molar-refractivity contribution in [3.05, 3.63) is 58.8 Å². The van der Waals surface area contributed by atoms with Crippen LogP contribution in [0.5, 0.6) is 11.5 Å². The second kappa shape index (κ2) is 7.94. The van der Waals surface area contributed by atoms with E-state index in [0.29, 0.717) is 29.0 Å². The largest absolute Gasteiger partial charge is 0.493 e. The van der Waals surface area contributed by atoms with Crippen molar-refractivity contribution in [2.24, 2.45) is 0 Å². The Hall–Kier alpha value is -3.75. The van der Waals surface area contributed by atoms with Crippen LogP contribution in [0.1, 0.15) is 24.9 Å². The maximum atomic E-state index is 13.0. The molecule has 156 valence electrons. The van der Waals surface area contributed by atoms with Crippen LogP contribution in [0.4, 0.5) is 0 Å². The van der Waals surface area contributed by atoms with E-state index >= 15 is 0 Å². The minimum atomic E-state index is -0.750. The van der Waals surface area contributed by atoms with Gasteiger partial charge in [0.25, 0.3) is 5.56 Å². The lowest BCUT2D eigenvalue weighted by Crippen LogP contribution is -2.38. The van der Waals surface area contributed by atoms with Gasteiger partial charge in [0, 0.05) is 24.2 Å². The van der Waals surface area contributed by atoms with Crippen molar-refractivity contribution >= 4 is 22.5 Å². The van der Waals surface area contributed by atoms with Gasteiger partial charge in [0.05, 0.1) is 26.0 Å². The van der Waals surface area contributed by atoms with Gasteiger partial charge in [0.1, 0.15) is 17.9 Å². The first-order valence-corrected chi connectivity index (χ1v) is 9.52. The fraction of sp³-hybridized carbons (Fsp3) is 0.286. The van der Waals surface area contributed by atoms with Gasteiger partial charge in [-0.1, -0.05) is 19.1 Å². The predicted molar refractivity (Wildman–Crippen MR) is 110 cm³/mol. The standard InChI is InChI=1S/C21H22N4O5/c1-4-14(20(26)22-11-13-6-5-7-17(28-2)19(13)29-3)25-21(27)16-10-18-15(8-9-30-18)24(16)12-23-25/h5-10,12,14H,4,11H2,1-3H3,(H,22,26)/t14-/m1/s1. The third kappa shape index (κ3) is 3.18. The molecule has 0 aliphatic heterocycles. The molecule has 3 aromatic heterocycles. The Morgan fingerprint density at radius 2 is 2.07 bits per heavy atom. The zero-order valence-corrected chi connectivity index (χ0v) is 16.9. The third-order valence-corrected chi connectivity index (χ3v) is 5.10. The lowest BCUT2D eigenvalue weighted by Gasteiger charge is -2.18. The number of para-hydroxylation sites is 1. The molecule has 0 saturated carbocycles. The minimum absolute atomic E-state index is 0.227. The topological polar surface area (TPSA) is 100 Å². The molecule has 0 spiro atoms. The average Bonchev–Trinajstić information content (AvgIpc) is 3.36. The van der Waals surface area contributed by atoms with Crippen molar-refractivity contribution in [3.8, 4) is 11.5 Å². The van der Waals surface area contributed by atoms with E-state index in [0.717, 1.165) is 11.1 Å². The first-order chi connectivity index (χ1) is 14.6. The van der Waals surface area contributed by atoms with Gasteiger partial charge in [-0.05, 0) is 12.5 Å². The Morgan fingerprint density at radius 3 is 2.80 bits per heavy atom. The van der Waals surface area contributed by atoms with Crippen LogP contribution in [-0.2, 0) is 11.3 Å². The van der Waals surface area contributed by atoms with Crippen molar-refractivity contribution in [1.29, 1.82) is 0 Å². The summed E-state index contributed by atoms with van der Waals surface area (Å²) in [6, 6.07) is 8.11. The van der Waals surface area contributed by atoms with Crippen LogP contribution < -0.4 is 20.3 Å². The van der Waals surface area contributed by atoms with Crippen molar-refractivity contribution < 1.29 is 18.7 Å². The second-order valence-electron chi connectivity index (χ2n) is 6.74. The number of methoxy groups -OCH3 is 2. The molecule has 0 saturated heterocycles. The first-order valence-electron chi connectivity index (χ1n) is 9.52. The monoisotopic (exact) mass is 410 g/mol. The fourth-order valence-corrected chi connectivity index (χ4v) is 3.60. The van der Waals surface area contributed by atoms with E-state index in [1.807, 2.05) is 19.1 Å². The molecule has 1 atom stereocenters. The maximum Gasteiger partial charge on any atom is 0.291 e. The number of nitrogens with zero attached hydrogens (tertiary/aromatic N) is 3. The van der Waals surface area contributed by atoms with Gasteiger partial charge in [-0.3, -0.25) is 14.0 Å². The zero-order chi connectivity index (χ0) is 21.3. The lowest BCUT2D eigenvalue weighted by atomic mass is 10.1. The molecule has 0 radical (unpaired) electrons. The summed E-state index contributed by atoms with van der Waals surface area (Å²) in [7, 11) is 3.10. The van der Waals surface area contributed by atoms with Crippen LogP contribution in [0.25, 0.3) is 16.6 Å². The molecular formula is C21H22N4O5. The molecule has 1 aromatic carbocycles. The number of hydrogen-bond donors (Lipinski definition) is 1. The van der Waals surface area contributed by atoms with E-state index in [1.54, 1.807) is 43.1 Å². The molecule has 1 amide bonds. The van der Waals surface area contributed by atoms with Crippen molar-refractivity contribution in [1.82, 2.24) is 19.5 Å².